The molecule has 2 rings (SSSR count). The topological polar surface area (TPSA) is 35.3 Å². The predicted octanol–water partition coefficient (Wildman–Crippen LogP) is 3.31. The molecule has 0 saturated heterocycles. The first kappa shape index (κ1) is 10.0. The summed E-state index contributed by atoms with van der Waals surface area (Å²) in [5.74, 6) is 1.50. The fourth-order valence-electron chi connectivity index (χ4n) is 1.44. The second-order valence-electron chi connectivity index (χ2n) is 4.58. The van der Waals surface area contributed by atoms with Gasteiger partial charge in [0.15, 0.2) is 11.5 Å². The van der Waals surface area contributed by atoms with Crippen LogP contribution in [-0.4, -0.2) is 10.6 Å². The third-order valence-electron chi connectivity index (χ3n) is 1.89. The van der Waals surface area contributed by atoms with Gasteiger partial charge in [-0.05, 0) is 32.9 Å². The highest BCUT2D eigenvalue weighted by Crippen LogP contribution is 2.24. The average Bonchev–Trinajstić information content (AvgIpc) is 2.40. The normalized spacial score (nSPS) is 12.0. The highest BCUT2D eigenvalue weighted by atomic mass is 16.5. The van der Waals surface area contributed by atoms with Crippen LogP contribution in [0.15, 0.2) is 22.6 Å². The Bertz CT molecular complexity index is 480. The Labute approximate surface area is 89.1 Å². The molecule has 0 aliphatic rings. The number of rotatable bonds is 1. The van der Waals surface area contributed by atoms with Crippen LogP contribution >= 0.6 is 0 Å². The van der Waals surface area contributed by atoms with Gasteiger partial charge in [-0.25, -0.2) is 4.98 Å². The molecule has 0 atom stereocenters. The minimum atomic E-state index is -0.188. The van der Waals surface area contributed by atoms with Gasteiger partial charge in [-0.15, -0.1) is 0 Å². The maximum atomic E-state index is 5.74. The number of aryl methyl sites for hydroxylation is 1. The lowest BCUT2D eigenvalue weighted by molar-refractivity contribution is 0.131. The molecule has 1 heterocycles. The van der Waals surface area contributed by atoms with Gasteiger partial charge < -0.3 is 9.15 Å². The SMILES string of the molecule is Cc1nc2cc(OC(C)(C)C)ccc2o1. The van der Waals surface area contributed by atoms with Gasteiger partial charge in [-0.3, -0.25) is 0 Å². The first-order valence-electron chi connectivity index (χ1n) is 5.00. The molecular formula is C12H15NO2. The molecule has 0 bridgehead atoms. The fourth-order valence-corrected chi connectivity index (χ4v) is 1.44. The summed E-state index contributed by atoms with van der Waals surface area (Å²) in [6, 6.07) is 5.69. The van der Waals surface area contributed by atoms with E-state index in [1.54, 1.807) is 0 Å². The van der Waals surface area contributed by atoms with Crippen LogP contribution in [0.1, 0.15) is 26.7 Å². The van der Waals surface area contributed by atoms with Crippen LogP contribution in [0.4, 0.5) is 0 Å². The van der Waals surface area contributed by atoms with Crippen LogP contribution in [0.25, 0.3) is 11.1 Å². The van der Waals surface area contributed by atoms with E-state index in [9.17, 15) is 0 Å². The maximum Gasteiger partial charge on any atom is 0.192 e. The van der Waals surface area contributed by atoms with E-state index in [0.29, 0.717) is 5.89 Å². The van der Waals surface area contributed by atoms with Gasteiger partial charge in [0.05, 0.1) is 0 Å². The highest BCUT2D eigenvalue weighted by molar-refractivity contribution is 5.74. The van der Waals surface area contributed by atoms with Crippen molar-refractivity contribution in [1.29, 1.82) is 0 Å². The third-order valence-corrected chi connectivity index (χ3v) is 1.89. The lowest BCUT2D eigenvalue weighted by Gasteiger charge is -2.20. The highest BCUT2D eigenvalue weighted by Gasteiger charge is 2.12. The summed E-state index contributed by atoms with van der Waals surface area (Å²) in [5, 5.41) is 0. The van der Waals surface area contributed by atoms with Gasteiger partial charge in [0.25, 0.3) is 0 Å². The van der Waals surface area contributed by atoms with Crippen molar-refractivity contribution in [3.05, 3.63) is 24.1 Å². The van der Waals surface area contributed by atoms with Gasteiger partial charge in [0.1, 0.15) is 16.9 Å². The van der Waals surface area contributed by atoms with Crippen LogP contribution in [0.5, 0.6) is 5.75 Å². The molecule has 1 aromatic heterocycles. The smallest absolute Gasteiger partial charge is 0.192 e. The van der Waals surface area contributed by atoms with E-state index in [4.69, 9.17) is 9.15 Å². The van der Waals surface area contributed by atoms with E-state index in [-0.39, 0.29) is 5.60 Å². The van der Waals surface area contributed by atoms with Gasteiger partial charge in [0, 0.05) is 13.0 Å². The Morgan fingerprint density at radius 2 is 2.00 bits per heavy atom. The van der Waals surface area contributed by atoms with Crippen LogP contribution in [0.3, 0.4) is 0 Å². The van der Waals surface area contributed by atoms with E-state index >= 15 is 0 Å². The van der Waals surface area contributed by atoms with E-state index in [2.05, 4.69) is 4.98 Å². The van der Waals surface area contributed by atoms with Gasteiger partial charge >= 0.3 is 0 Å². The van der Waals surface area contributed by atoms with E-state index in [1.807, 2.05) is 45.9 Å². The zero-order valence-corrected chi connectivity index (χ0v) is 9.50. The second kappa shape index (κ2) is 3.26. The van der Waals surface area contributed by atoms with Crippen LogP contribution in [0, 0.1) is 6.92 Å². The van der Waals surface area contributed by atoms with Crippen molar-refractivity contribution in [2.24, 2.45) is 0 Å². The standard InChI is InChI=1S/C12H15NO2/c1-8-13-10-7-9(15-12(2,3)4)5-6-11(10)14-8/h5-7H,1-4H3. The zero-order valence-electron chi connectivity index (χ0n) is 9.50. The maximum absolute atomic E-state index is 5.74. The number of oxazole rings is 1. The fraction of sp³-hybridized carbons (Fsp3) is 0.417. The molecule has 15 heavy (non-hydrogen) atoms. The summed E-state index contributed by atoms with van der Waals surface area (Å²) in [7, 11) is 0. The molecule has 0 unspecified atom stereocenters. The van der Waals surface area contributed by atoms with Gasteiger partial charge in [-0.2, -0.15) is 0 Å². The van der Waals surface area contributed by atoms with E-state index in [1.165, 1.54) is 0 Å². The molecule has 2 aromatic rings. The number of benzene rings is 1. The lowest BCUT2D eigenvalue weighted by atomic mass is 10.2. The summed E-state index contributed by atoms with van der Waals surface area (Å²) in [6.45, 7) is 7.89. The van der Waals surface area contributed by atoms with Crippen molar-refractivity contribution < 1.29 is 9.15 Å². The van der Waals surface area contributed by atoms with Gasteiger partial charge in [-0.1, -0.05) is 0 Å². The average molecular weight is 205 g/mol. The summed E-state index contributed by atoms with van der Waals surface area (Å²) in [5.41, 5.74) is 1.45. The molecule has 0 fully saturated rings. The minimum Gasteiger partial charge on any atom is -0.488 e. The van der Waals surface area contributed by atoms with Crippen LogP contribution in [-0.2, 0) is 0 Å². The summed E-state index contributed by atoms with van der Waals surface area (Å²) in [4.78, 5) is 4.26. The molecular weight excluding hydrogens is 190 g/mol. The van der Waals surface area contributed by atoms with Crippen molar-refractivity contribution in [1.82, 2.24) is 4.98 Å². The first-order valence-corrected chi connectivity index (χ1v) is 5.00. The number of fused-ring (bicyclic) bond motifs is 1. The quantitative estimate of drug-likeness (QED) is 0.716. The number of hydrogen-bond acceptors (Lipinski definition) is 3. The monoisotopic (exact) mass is 205 g/mol. The predicted molar refractivity (Wildman–Crippen MR) is 59.1 cm³/mol. The Balaban J connectivity index is 2.38. The molecule has 80 valence electrons. The lowest BCUT2D eigenvalue weighted by Crippen LogP contribution is -2.22. The Morgan fingerprint density at radius 3 is 2.67 bits per heavy atom. The molecule has 0 spiro atoms. The van der Waals surface area contributed by atoms with Crippen molar-refractivity contribution in [2.45, 2.75) is 33.3 Å². The van der Waals surface area contributed by atoms with Crippen molar-refractivity contribution in [3.63, 3.8) is 0 Å². The number of ether oxygens (including phenoxy) is 1. The van der Waals surface area contributed by atoms with Crippen LogP contribution in [0.2, 0.25) is 0 Å². The molecule has 0 aliphatic heterocycles. The molecule has 0 amide bonds. The molecule has 3 nitrogen and oxygen atoms in total. The minimum absolute atomic E-state index is 0.188. The van der Waals surface area contributed by atoms with Crippen molar-refractivity contribution >= 4 is 11.1 Å². The molecule has 0 N–H and O–H groups in total. The first-order chi connectivity index (χ1) is 6.94. The molecule has 0 saturated carbocycles. The Hall–Kier alpha value is -1.51. The van der Waals surface area contributed by atoms with E-state index in [0.717, 1.165) is 16.8 Å². The molecule has 0 radical (unpaired) electrons. The number of aromatic nitrogens is 1. The molecule has 3 heteroatoms. The number of nitrogens with zero attached hydrogens (tertiary/aromatic N) is 1. The van der Waals surface area contributed by atoms with Crippen molar-refractivity contribution in [2.75, 3.05) is 0 Å². The van der Waals surface area contributed by atoms with Crippen LogP contribution < -0.4 is 4.74 Å². The largest absolute Gasteiger partial charge is 0.488 e. The summed E-state index contributed by atoms with van der Waals surface area (Å²) in [6.07, 6.45) is 0. The molecule has 1 aromatic carbocycles. The third kappa shape index (κ3) is 2.29. The zero-order chi connectivity index (χ0) is 11.1. The Morgan fingerprint density at radius 1 is 1.27 bits per heavy atom. The van der Waals surface area contributed by atoms with E-state index < -0.39 is 0 Å². The Kier molecular flexibility index (Phi) is 2.18. The number of hydrogen-bond donors (Lipinski definition) is 0. The van der Waals surface area contributed by atoms with Gasteiger partial charge in [0.2, 0.25) is 0 Å². The summed E-state index contributed by atoms with van der Waals surface area (Å²) < 4.78 is 11.1. The van der Waals surface area contributed by atoms with Crippen molar-refractivity contribution in [3.8, 4) is 5.75 Å². The second-order valence-corrected chi connectivity index (χ2v) is 4.58. The molecule has 0 aliphatic carbocycles. The summed E-state index contributed by atoms with van der Waals surface area (Å²) >= 11 is 0.